The van der Waals surface area contributed by atoms with Gasteiger partial charge in [0.1, 0.15) is 0 Å². The molecule has 0 aromatic carbocycles. The summed E-state index contributed by atoms with van der Waals surface area (Å²) in [5.41, 5.74) is 1.27. The minimum absolute atomic E-state index is 0.0915. The van der Waals surface area contributed by atoms with Crippen molar-refractivity contribution >= 4 is 5.91 Å². The lowest BCUT2D eigenvalue weighted by Crippen LogP contribution is -2.43. The summed E-state index contributed by atoms with van der Waals surface area (Å²) in [6.45, 7) is 6.77. The van der Waals surface area contributed by atoms with E-state index in [-0.39, 0.29) is 11.9 Å². The van der Waals surface area contributed by atoms with Crippen molar-refractivity contribution in [2.45, 2.75) is 45.7 Å². The van der Waals surface area contributed by atoms with Crippen LogP contribution in [0.25, 0.3) is 0 Å². The Balaban J connectivity index is 2.15. The highest BCUT2D eigenvalue weighted by Gasteiger charge is 2.25. The molecule has 1 amide bonds. The first kappa shape index (κ1) is 11.2. The number of hydrogen-bond donors (Lipinski definition) is 2. The maximum Gasteiger partial charge on any atom is 0.237 e. The third kappa shape index (κ3) is 4.42. The molecule has 0 aromatic rings. The second-order valence-corrected chi connectivity index (χ2v) is 4.19. The topological polar surface area (TPSA) is 41.1 Å². The standard InChI is InChI=1S/C11H20N2O/c1-8(2)6-7-12-9(3)11(14)13-10-4-5-10/h6,9-10,12H,4-5,7H2,1-3H3,(H,13,14). The summed E-state index contributed by atoms with van der Waals surface area (Å²) >= 11 is 0. The van der Waals surface area contributed by atoms with E-state index in [0.29, 0.717) is 6.04 Å². The molecule has 0 aromatic heterocycles. The first-order chi connectivity index (χ1) is 6.59. The molecule has 80 valence electrons. The van der Waals surface area contributed by atoms with Crippen LogP contribution in [0.5, 0.6) is 0 Å². The van der Waals surface area contributed by atoms with E-state index in [9.17, 15) is 4.79 Å². The van der Waals surface area contributed by atoms with Crippen LogP contribution < -0.4 is 10.6 Å². The van der Waals surface area contributed by atoms with Crippen molar-refractivity contribution in [2.75, 3.05) is 6.54 Å². The van der Waals surface area contributed by atoms with Gasteiger partial charge in [-0.2, -0.15) is 0 Å². The van der Waals surface area contributed by atoms with Crippen molar-refractivity contribution in [3.8, 4) is 0 Å². The third-order valence-electron chi connectivity index (χ3n) is 2.25. The van der Waals surface area contributed by atoms with Gasteiger partial charge in [0.05, 0.1) is 6.04 Å². The first-order valence-corrected chi connectivity index (χ1v) is 5.26. The highest BCUT2D eigenvalue weighted by atomic mass is 16.2. The first-order valence-electron chi connectivity index (χ1n) is 5.26. The van der Waals surface area contributed by atoms with Crippen LogP contribution in [0.15, 0.2) is 11.6 Å². The summed E-state index contributed by atoms with van der Waals surface area (Å²) in [6.07, 6.45) is 4.37. The Morgan fingerprint density at radius 2 is 2.14 bits per heavy atom. The van der Waals surface area contributed by atoms with Gasteiger partial charge in [0, 0.05) is 12.6 Å². The summed E-state index contributed by atoms with van der Waals surface area (Å²) in [5, 5.41) is 6.13. The predicted octanol–water partition coefficient (Wildman–Crippen LogP) is 1.21. The summed E-state index contributed by atoms with van der Waals surface area (Å²) in [5.74, 6) is 0.120. The van der Waals surface area contributed by atoms with E-state index in [2.05, 4.69) is 30.6 Å². The van der Waals surface area contributed by atoms with E-state index in [0.717, 1.165) is 19.4 Å². The average Bonchev–Trinajstić information content (AvgIpc) is 2.87. The van der Waals surface area contributed by atoms with Crippen LogP contribution in [-0.4, -0.2) is 24.5 Å². The number of carbonyl (C=O) groups excluding carboxylic acids is 1. The molecule has 1 fully saturated rings. The highest BCUT2D eigenvalue weighted by molar-refractivity contribution is 5.81. The van der Waals surface area contributed by atoms with Gasteiger partial charge in [0.25, 0.3) is 0 Å². The van der Waals surface area contributed by atoms with E-state index in [1.54, 1.807) is 0 Å². The molecular formula is C11H20N2O. The molecule has 1 rings (SSSR count). The summed E-state index contributed by atoms with van der Waals surface area (Å²) < 4.78 is 0. The van der Waals surface area contributed by atoms with E-state index in [1.807, 2.05) is 6.92 Å². The number of carbonyl (C=O) groups is 1. The van der Waals surface area contributed by atoms with Gasteiger partial charge in [0.2, 0.25) is 5.91 Å². The van der Waals surface area contributed by atoms with Crippen LogP contribution in [0.2, 0.25) is 0 Å². The Hall–Kier alpha value is -0.830. The van der Waals surface area contributed by atoms with E-state index in [4.69, 9.17) is 0 Å². The number of nitrogens with one attached hydrogen (secondary N) is 2. The van der Waals surface area contributed by atoms with Gasteiger partial charge in [-0.05, 0) is 33.6 Å². The van der Waals surface area contributed by atoms with Gasteiger partial charge in [-0.1, -0.05) is 11.6 Å². The van der Waals surface area contributed by atoms with Crippen LogP contribution in [0.1, 0.15) is 33.6 Å². The van der Waals surface area contributed by atoms with Crippen LogP contribution in [0.4, 0.5) is 0 Å². The fourth-order valence-corrected chi connectivity index (χ4v) is 1.09. The zero-order valence-corrected chi connectivity index (χ0v) is 9.26. The minimum atomic E-state index is -0.0915. The second kappa shape index (κ2) is 5.15. The molecule has 3 heteroatoms. The predicted molar refractivity (Wildman–Crippen MR) is 58.1 cm³/mol. The van der Waals surface area contributed by atoms with Crippen LogP contribution in [0.3, 0.4) is 0 Å². The highest BCUT2D eigenvalue weighted by Crippen LogP contribution is 2.18. The van der Waals surface area contributed by atoms with Crippen molar-refractivity contribution < 1.29 is 4.79 Å². The Labute approximate surface area is 86.0 Å². The zero-order chi connectivity index (χ0) is 10.6. The fraction of sp³-hybridized carbons (Fsp3) is 0.727. The molecule has 1 aliphatic carbocycles. The molecule has 0 heterocycles. The third-order valence-corrected chi connectivity index (χ3v) is 2.25. The van der Waals surface area contributed by atoms with Crippen LogP contribution in [0, 0.1) is 0 Å². The molecule has 0 bridgehead atoms. The molecule has 1 unspecified atom stereocenters. The molecule has 1 saturated carbocycles. The Kier molecular flexibility index (Phi) is 4.14. The van der Waals surface area contributed by atoms with Crippen molar-refractivity contribution in [2.24, 2.45) is 0 Å². The number of hydrogen-bond acceptors (Lipinski definition) is 2. The van der Waals surface area contributed by atoms with Crippen LogP contribution >= 0.6 is 0 Å². The van der Waals surface area contributed by atoms with Crippen molar-refractivity contribution in [3.05, 3.63) is 11.6 Å². The summed E-state index contributed by atoms with van der Waals surface area (Å²) in [4.78, 5) is 11.5. The van der Waals surface area contributed by atoms with Gasteiger partial charge in [-0.25, -0.2) is 0 Å². The molecule has 1 aliphatic rings. The lowest BCUT2D eigenvalue weighted by Gasteiger charge is -2.12. The lowest BCUT2D eigenvalue weighted by molar-refractivity contribution is -0.122. The lowest BCUT2D eigenvalue weighted by atomic mass is 10.3. The molecule has 0 saturated heterocycles. The van der Waals surface area contributed by atoms with E-state index in [1.165, 1.54) is 5.57 Å². The maximum atomic E-state index is 11.5. The van der Waals surface area contributed by atoms with Gasteiger partial charge >= 0.3 is 0 Å². The largest absolute Gasteiger partial charge is 0.352 e. The van der Waals surface area contributed by atoms with Crippen LogP contribution in [-0.2, 0) is 4.79 Å². The van der Waals surface area contributed by atoms with Gasteiger partial charge in [0.15, 0.2) is 0 Å². The Morgan fingerprint density at radius 3 is 2.64 bits per heavy atom. The molecule has 14 heavy (non-hydrogen) atoms. The smallest absolute Gasteiger partial charge is 0.237 e. The Bertz CT molecular complexity index is 227. The SMILES string of the molecule is CC(C)=CCNC(C)C(=O)NC1CC1. The Morgan fingerprint density at radius 1 is 1.50 bits per heavy atom. The monoisotopic (exact) mass is 196 g/mol. The molecular weight excluding hydrogens is 176 g/mol. The second-order valence-electron chi connectivity index (χ2n) is 4.19. The molecule has 3 nitrogen and oxygen atoms in total. The van der Waals surface area contributed by atoms with Gasteiger partial charge in [-0.15, -0.1) is 0 Å². The van der Waals surface area contributed by atoms with Gasteiger partial charge in [-0.3, -0.25) is 4.79 Å². The quantitative estimate of drug-likeness (QED) is 0.649. The summed E-state index contributed by atoms with van der Waals surface area (Å²) in [6, 6.07) is 0.362. The van der Waals surface area contributed by atoms with Gasteiger partial charge < -0.3 is 10.6 Å². The average molecular weight is 196 g/mol. The molecule has 1 atom stereocenters. The van der Waals surface area contributed by atoms with Crippen molar-refractivity contribution in [1.82, 2.24) is 10.6 Å². The van der Waals surface area contributed by atoms with E-state index < -0.39 is 0 Å². The van der Waals surface area contributed by atoms with Crippen molar-refractivity contribution in [1.29, 1.82) is 0 Å². The van der Waals surface area contributed by atoms with E-state index >= 15 is 0 Å². The zero-order valence-electron chi connectivity index (χ0n) is 9.26. The molecule has 0 aliphatic heterocycles. The van der Waals surface area contributed by atoms with Crippen molar-refractivity contribution in [3.63, 3.8) is 0 Å². The minimum Gasteiger partial charge on any atom is -0.352 e. The molecule has 0 spiro atoms. The number of amides is 1. The maximum absolute atomic E-state index is 11.5. The normalized spacial score (nSPS) is 17.4. The molecule has 2 N–H and O–H groups in total. The number of allylic oxidation sites excluding steroid dienone is 1. The number of rotatable bonds is 5. The fourth-order valence-electron chi connectivity index (χ4n) is 1.09. The molecule has 0 radical (unpaired) electrons. The summed E-state index contributed by atoms with van der Waals surface area (Å²) in [7, 11) is 0.